The van der Waals surface area contributed by atoms with Crippen LogP contribution in [0.1, 0.15) is 19.3 Å². The molecule has 1 saturated carbocycles. The highest BCUT2D eigenvalue weighted by Gasteiger charge is 2.47. The molecular weight excluding hydrogens is 174 g/mol. The Labute approximate surface area is 73.2 Å². The molecule has 1 aromatic heterocycles. The first-order valence-corrected chi connectivity index (χ1v) is 3.98. The topological polar surface area (TPSA) is 88.0 Å². The van der Waals surface area contributed by atoms with E-state index in [2.05, 4.69) is 10.2 Å². The first-order chi connectivity index (χ1) is 6.14. The largest absolute Gasteiger partial charge is 0.481 e. The average Bonchev–Trinajstić information content (AvgIpc) is 2.65. The second kappa shape index (κ2) is 2.45. The molecule has 6 heteroatoms. The van der Waals surface area contributed by atoms with E-state index in [9.17, 15) is 9.59 Å². The van der Waals surface area contributed by atoms with Gasteiger partial charge in [-0.2, -0.15) is 5.10 Å². The van der Waals surface area contributed by atoms with Crippen LogP contribution in [0, 0.1) is 0 Å². The van der Waals surface area contributed by atoms with E-state index in [1.807, 2.05) is 0 Å². The van der Waals surface area contributed by atoms with Gasteiger partial charge in [0.25, 0.3) is 0 Å². The minimum absolute atomic E-state index is 0.00750. The summed E-state index contributed by atoms with van der Waals surface area (Å²) in [4.78, 5) is 21.7. The highest BCUT2D eigenvalue weighted by molar-refractivity contribution is 5.68. The fraction of sp³-hybridized carbons (Fsp3) is 0.571. The summed E-state index contributed by atoms with van der Waals surface area (Å²) in [7, 11) is 0. The minimum Gasteiger partial charge on any atom is -0.481 e. The van der Waals surface area contributed by atoms with Gasteiger partial charge in [0.15, 0.2) is 0 Å². The van der Waals surface area contributed by atoms with Gasteiger partial charge >= 0.3 is 11.7 Å². The number of aromatic amines is 1. The molecule has 0 atom stereocenters. The molecule has 1 heterocycles. The van der Waals surface area contributed by atoms with Crippen molar-refractivity contribution in [2.24, 2.45) is 0 Å². The zero-order chi connectivity index (χ0) is 9.47. The van der Waals surface area contributed by atoms with Crippen LogP contribution in [0.4, 0.5) is 0 Å². The van der Waals surface area contributed by atoms with E-state index in [-0.39, 0.29) is 12.1 Å². The SMILES string of the molecule is O=C(O)CC1(n2cn[nH]c2=O)CC1. The van der Waals surface area contributed by atoms with Crippen molar-refractivity contribution in [2.45, 2.75) is 24.8 Å². The van der Waals surface area contributed by atoms with E-state index < -0.39 is 11.5 Å². The minimum atomic E-state index is -0.884. The van der Waals surface area contributed by atoms with Gasteiger partial charge in [-0.1, -0.05) is 0 Å². The van der Waals surface area contributed by atoms with Crippen molar-refractivity contribution in [3.63, 3.8) is 0 Å². The molecule has 0 saturated heterocycles. The molecule has 1 aliphatic carbocycles. The lowest BCUT2D eigenvalue weighted by Crippen LogP contribution is -2.29. The molecule has 6 nitrogen and oxygen atoms in total. The molecular formula is C7H9N3O3. The lowest BCUT2D eigenvalue weighted by atomic mass is 10.2. The molecule has 0 unspecified atom stereocenters. The first kappa shape index (κ1) is 8.03. The monoisotopic (exact) mass is 183 g/mol. The van der Waals surface area contributed by atoms with Crippen molar-refractivity contribution in [3.8, 4) is 0 Å². The van der Waals surface area contributed by atoms with Gasteiger partial charge in [0, 0.05) is 0 Å². The molecule has 2 N–H and O–H groups in total. The third-order valence-corrected chi connectivity index (χ3v) is 2.37. The third kappa shape index (κ3) is 1.24. The van der Waals surface area contributed by atoms with Crippen LogP contribution in [-0.4, -0.2) is 25.8 Å². The van der Waals surface area contributed by atoms with E-state index in [0.717, 1.165) is 12.8 Å². The van der Waals surface area contributed by atoms with E-state index in [4.69, 9.17) is 5.11 Å². The molecule has 0 radical (unpaired) electrons. The number of carboxylic acid groups (broad SMARTS) is 1. The first-order valence-electron chi connectivity index (χ1n) is 3.98. The van der Waals surface area contributed by atoms with Crippen LogP contribution in [0.15, 0.2) is 11.1 Å². The van der Waals surface area contributed by atoms with Gasteiger partial charge in [0.05, 0.1) is 12.0 Å². The van der Waals surface area contributed by atoms with E-state index >= 15 is 0 Å². The van der Waals surface area contributed by atoms with Crippen LogP contribution >= 0.6 is 0 Å². The third-order valence-electron chi connectivity index (χ3n) is 2.37. The van der Waals surface area contributed by atoms with Gasteiger partial charge in [-0.05, 0) is 12.8 Å². The summed E-state index contributed by atoms with van der Waals surface area (Å²) < 4.78 is 1.38. The summed E-state index contributed by atoms with van der Waals surface area (Å²) in [6.45, 7) is 0. The second-order valence-electron chi connectivity index (χ2n) is 3.33. The summed E-state index contributed by atoms with van der Waals surface area (Å²) in [6.07, 6.45) is 2.82. The van der Waals surface area contributed by atoms with E-state index in [0.29, 0.717) is 0 Å². The molecule has 13 heavy (non-hydrogen) atoms. The van der Waals surface area contributed by atoms with Crippen molar-refractivity contribution in [1.82, 2.24) is 14.8 Å². The number of aromatic nitrogens is 3. The Morgan fingerprint density at radius 2 is 2.46 bits per heavy atom. The number of hydrogen-bond donors (Lipinski definition) is 2. The Kier molecular flexibility index (Phi) is 1.51. The lowest BCUT2D eigenvalue weighted by molar-refractivity contribution is -0.138. The van der Waals surface area contributed by atoms with Crippen molar-refractivity contribution in [2.75, 3.05) is 0 Å². The summed E-state index contributed by atoms with van der Waals surface area (Å²) in [5.74, 6) is -0.884. The van der Waals surface area contributed by atoms with Crippen LogP contribution in [-0.2, 0) is 10.3 Å². The second-order valence-corrected chi connectivity index (χ2v) is 3.33. The number of nitrogens with one attached hydrogen (secondary N) is 1. The lowest BCUT2D eigenvalue weighted by Gasteiger charge is -2.11. The summed E-state index contributed by atoms with van der Waals surface area (Å²) in [5.41, 5.74) is -0.839. The molecule has 1 aliphatic rings. The van der Waals surface area contributed by atoms with Crippen molar-refractivity contribution < 1.29 is 9.90 Å². The number of carboxylic acids is 1. The molecule has 0 amide bonds. The number of hydrogen-bond acceptors (Lipinski definition) is 3. The summed E-state index contributed by atoms with van der Waals surface area (Å²) in [6, 6.07) is 0. The molecule has 0 spiro atoms. The van der Waals surface area contributed by atoms with E-state index in [1.165, 1.54) is 10.9 Å². The highest BCUT2D eigenvalue weighted by atomic mass is 16.4. The molecule has 1 fully saturated rings. The Morgan fingerprint density at radius 3 is 2.85 bits per heavy atom. The van der Waals surface area contributed by atoms with E-state index in [1.54, 1.807) is 0 Å². The van der Waals surface area contributed by atoms with Crippen LogP contribution < -0.4 is 5.69 Å². The zero-order valence-electron chi connectivity index (χ0n) is 6.86. The number of rotatable bonds is 3. The van der Waals surface area contributed by atoms with Crippen LogP contribution in [0.3, 0.4) is 0 Å². The maximum absolute atomic E-state index is 11.1. The molecule has 0 aliphatic heterocycles. The maximum Gasteiger partial charge on any atom is 0.343 e. The molecule has 0 bridgehead atoms. The van der Waals surface area contributed by atoms with Gasteiger partial charge in [-0.25, -0.2) is 9.89 Å². The Hall–Kier alpha value is -1.59. The Balaban J connectivity index is 2.31. The quantitative estimate of drug-likeness (QED) is 0.663. The van der Waals surface area contributed by atoms with Crippen molar-refractivity contribution >= 4 is 5.97 Å². The van der Waals surface area contributed by atoms with Gasteiger partial charge in [-0.3, -0.25) is 9.36 Å². The molecule has 70 valence electrons. The van der Waals surface area contributed by atoms with Gasteiger partial charge in [-0.15, -0.1) is 0 Å². The normalized spacial score (nSPS) is 18.5. The molecule has 1 aromatic rings. The van der Waals surface area contributed by atoms with Crippen LogP contribution in [0.25, 0.3) is 0 Å². The number of carbonyl (C=O) groups is 1. The number of H-pyrrole nitrogens is 1. The zero-order valence-corrected chi connectivity index (χ0v) is 6.86. The van der Waals surface area contributed by atoms with Crippen molar-refractivity contribution in [3.05, 3.63) is 16.8 Å². The fourth-order valence-electron chi connectivity index (χ4n) is 1.51. The maximum atomic E-state index is 11.1. The standard InChI is InChI=1S/C7H9N3O3/c11-5(12)3-7(1-2-7)10-4-8-9-6(10)13/h4H,1-3H2,(H,9,13)(H,11,12). The predicted octanol–water partition coefficient (Wildman–Crippen LogP) is -0.465. The number of aliphatic carboxylic acids is 1. The van der Waals surface area contributed by atoms with Crippen LogP contribution in [0.5, 0.6) is 0 Å². The average molecular weight is 183 g/mol. The molecule has 2 rings (SSSR count). The number of nitrogens with zero attached hydrogens (tertiary/aromatic N) is 2. The Morgan fingerprint density at radius 1 is 1.77 bits per heavy atom. The van der Waals surface area contributed by atoms with Gasteiger partial charge < -0.3 is 5.11 Å². The van der Waals surface area contributed by atoms with Crippen LogP contribution in [0.2, 0.25) is 0 Å². The smallest absolute Gasteiger partial charge is 0.343 e. The fourth-order valence-corrected chi connectivity index (χ4v) is 1.51. The summed E-state index contributed by atoms with van der Waals surface area (Å²) >= 11 is 0. The Bertz CT molecular complexity index is 388. The molecule has 0 aromatic carbocycles. The van der Waals surface area contributed by atoms with Gasteiger partial charge in [0.2, 0.25) is 0 Å². The van der Waals surface area contributed by atoms with Gasteiger partial charge in [0.1, 0.15) is 6.33 Å². The highest BCUT2D eigenvalue weighted by Crippen LogP contribution is 2.45. The summed E-state index contributed by atoms with van der Waals surface area (Å²) in [5, 5.41) is 14.5. The predicted molar refractivity (Wildman–Crippen MR) is 42.3 cm³/mol. The van der Waals surface area contributed by atoms with Crippen molar-refractivity contribution in [1.29, 1.82) is 0 Å².